The second-order valence-corrected chi connectivity index (χ2v) is 5.49. The lowest BCUT2D eigenvalue weighted by molar-refractivity contribution is 0.322. The van der Waals surface area contributed by atoms with Crippen molar-refractivity contribution in [3.63, 3.8) is 0 Å². The first-order chi connectivity index (χ1) is 12.6. The molecule has 0 aliphatic carbocycles. The number of nitrogen functional groups attached to an aromatic ring is 1. The molecule has 0 amide bonds. The Morgan fingerprint density at radius 3 is 2.15 bits per heavy atom. The average Bonchev–Trinajstić information content (AvgIpc) is 2.98. The maximum Gasteiger partial charge on any atom is 0.191 e. The Bertz CT molecular complexity index is 1020. The normalized spacial score (nSPS) is 9.88. The Hall–Kier alpha value is -3.70. The molecule has 4 nitrogen and oxygen atoms in total. The molecule has 0 aliphatic rings. The van der Waals surface area contributed by atoms with E-state index in [0.29, 0.717) is 11.4 Å². The quantitative estimate of drug-likeness (QED) is 0.579. The maximum atomic E-state index is 14.0. The highest BCUT2D eigenvalue weighted by molar-refractivity contribution is 5.51. The zero-order valence-electron chi connectivity index (χ0n) is 14.2. The molecule has 0 fully saturated rings. The summed E-state index contributed by atoms with van der Waals surface area (Å²) in [6.07, 6.45) is 1.25. The van der Waals surface area contributed by atoms with Crippen LogP contribution in [0.3, 0.4) is 0 Å². The lowest BCUT2D eigenvalue weighted by Gasteiger charge is -2.05. The second kappa shape index (κ2) is 7.46. The minimum absolute atomic E-state index is 0.0257. The number of aromatic nitrogens is 1. The van der Waals surface area contributed by atoms with Crippen LogP contribution in [-0.2, 0) is 0 Å². The number of rotatable bonds is 3. The molecule has 0 unspecified atom stereocenters. The summed E-state index contributed by atoms with van der Waals surface area (Å²) in [6.45, 7) is 2.03. The highest BCUT2D eigenvalue weighted by atomic mass is 19.1. The third-order valence-corrected chi connectivity index (χ3v) is 3.72. The fraction of sp³-hybridized carbons (Fsp3) is 0.0952. The summed E-state index contributed by atoms with van der Waals surface area (Å²) in [7, 11) is 0. The van der Waals surface area contributed by atoms with E-state index >= 15 is 0 Å². The molecule has 0 aliphatic heterocycles. The van der Waals surface area contributed by atoms with E-state index in [2.05, 4.69) is 11.8 Å². The van der Waals surface area contributed by atoms with E-state index in [0.717, 1.165) is 11.1 Å². The molecule has 3 rings (SSSR count). The molecule has 0 saturated heterocycles. The predicted molar refractivity (Wildman–Crippen MR) is 98.4 cm³/mol. The van der Waals surface area contributed by atoms with Gasteiger partial charge in [-0.3, -0.25) is 0 Å². The van der Waals surface area contributed by atoms with Gasteiger partial charge in [0.2, 0.25) is 0 Å². The molecule has 26 heavy (non-hydrogen) atoms. The van der Waals surface area contributed by atoms with Gasteiger partial charge in [0.15, 0.2) is 17.3 Å². The molecular weight excluding hydrogens is 329 g/mol. The van der Waals surface area contributed by atoms with Gasteiger partial charge in [0.25, 0.3) is 0 Å². The Balaban J connectivity index is 1.88. The van der Waals surface area contributed by atoms with Gasteiger partial charge in [0, 0.05) is 22.5 Å². The van der Waals surface area contributed by atoms with Crippen LogP contribution in [0.15, 0.2) is 54.7 Å². The molecule has 1 aromatic heterocycles. The Morgan fingerprint density at radius 2 is 1.62 bits per heavy atom. The van der Waals surface area contributed by atoms with Crippen LogP contribution in [-0.4, -0.2) is 11.2 Å². The van der Waals surface area contributed by atoms with Gasteiger partial charge < -0.3 is 15.0 Å². The summed E-state index contributed by atoms with van der Waals surface area (Å²) in [5.41, 5.74) is 8.80. The van der Waals surface area contributed by atoms with E-state index in [9.17, 15) is 9.65 Å². The van der Waals surface area contributed by atoms with Crippen molar-refractivity contribution in [3.05, 3.63) is 77.4 Å². The van der Waals surface area contributed by atoms with Crippen LogP contribution in [0.2, 0.25) is 0 Å². The molecule has 0 bridgehead atoms. The van der Waals surface area contributed by atoms with Gasteiger partial charge in [-0.15, -0.1) is 0 Å². The maximum absolute atomic E-state index is 14.0. The number of ether oxygens (including phenoxy) is 1. The van der Waals surface area contributed by atoms with Crippen molar-refractivity contribution < 1.29 is 9.13 Å². The highest BCUT2D eigenvalue weighted by Gasteiger charge is 2.18. The first kappa shape index (κ1) is 17.1. The third-order valence-electron chi connectivity index (χ3n) is 3.72. The smallest absolute Gasteiger partial charge is 0.191 e. The topological polar surface area (TPSA) is 64.0 Å². The van der Waals surface area contributed by atoms with Gasteiger partial charge in [-0.05, 0) is 55.5 Å². The zero-order chi connectivity index (χ0) is 18.5. The van der Waals surface area contributed by atoms with E-state index < -0.39 is 5.82 Å². The first-order valence-electron chi connectivity index (χ1n) is 8.04. The van der Waals surface area contributed by atoms with E-state index in [1.54, 1.807) is 31.2 Å². The largest absolute Gasteiger partial charge is 0.488 e. The SMILES string of the molecule is CCOc1c(F)cn(-c2ccc(C#Cc3ccc(N)cc3)cc2)c1C#N. The number of anilines is 1. The van der Waals surface area contributed by atoms with E-state index in [-0.39, 0.29) is 18.1 Å². The summed E-state index contributed by atoms with van der Waals surface area (Å²) >= 11 is 0. The molecule has 1 heterocycles. The van der Waals surface area contributed by atoms with Gasteiger partial charge in [0.1, 0.15) is 6.07 Å². The van der Waals surface area contributed by atoms with Crippen molar-refractivity contribution in [2.45, 2.75) is 6.92 Å². The summed E-state index contributed by atoms with van der Waals surface area (Å²) in [5, 5.41) is 9.34. The fourth-order valence-corrected chi connectivity index (χ4v) is 2.47. The minimum atomic E-state index is -0.560. The van der Waals surface area contributed by atoms with Crippen molar-refractivity contribution in [3.8, 4) is 29.3 Å². The number of nitriles is 1. The zero-order valence-corrected chi connectivity index (χ0v) is 14.2. The molecule has 0 spiro atoms. The van der Waals surface area contributed by atoms with Gasteiger partial charge in [-0.25, -0.2) is 4.39 Å². The molecule has 2 N–H and O–H groups in total. The van der Waals surface area contributed by atoms with Gasteiger partial charge in [-0.1, -0.05) is 11.8 Å². The molecular formula is C21H16FN3O. The Morgan fingerprint density at radius 1 is 1.04 bits per heavy atom. The van der Waals surface area contributed by atoms with Crippen molar-refractivity contribution in [2.75, 3.05) is 12.3 Å². The van der Waals surface area contributed by atoms with Crippen LogP contribution in [0.1, 0.15) is 23.7 Å². The molecule has 2 aromatic carbocycles. The number of hydrogen-bond acceptors (Lipinski definition) is 3. The Kier molecular flexibility index (Phi) is 4.92. The fourth-order valence-electron chi connectivity index (χ4n) is 2.47. The van der Waals surface area contributed by atoms with Crippen molar-refractivity contribution >= 4 is 5.69 Å². The van der Waals surface area contributed by atoms with E-state index in [1.807, 2.05) is 30.3 Å². The first-order valence-corrected chi connectivity index (χ1v) is 8.04. The van der Waals surface area contributed by atoms with Crippen LogP contribution in [0.4, 0.5) is 10.1 Å². The van der Waals surface area contributed by atoms with Crippen molar-refractivity contribution in [2.24, 2.45) is 0 Å². The molecule has 3 aromatic rings. The van der Waals surface area contributed by atoms with Gasteiger partial charge >= 0.3 is 0 Å². The summed E-state index contributed by atoms with van der Waals surface area (Å²) < 4.78 is 20.7. The molecule has 5 heteroatoms. The summed E-state index contributed by atoms with van der Waals surface area (Å²) in [6, 6.07) is 16.5. The standard InChI is InChI=1S/C21H16FN3O/c1-2-26-21-19(22)14-25(20(21)13-23)18-11-7-16(8-12-18)4-3-15-5-9-17(24)10-6-15/h5-12,14H,2,24H2,1H3. The van der Waals surface area contributed by atoms with Gasteiger partial charge in [-0.2, -0.15) is 5.26 Å². The van der Waals surface area contributed by atoms with E-state index in [1.165, 1.54) is 10.8 Å². The lowest BCUT2D eigenvalue weighted by atomic mass is 10.1. The number of nitrogens with two attached hydrogens (primary N) is 1. The van der Waals surface area contributed by atoms with Crippen LogP contribution < -0.4 is 10.5 Å². The third kappa shape index (κ3) is 3.53. The molecule has 0 radical (unpaired) electrons. The Labute approximate surface area is 151 Å². The van der Waals surface area contributed by atoms with Crippen LogP contribution >= 0.6 is 0 Å². The number of benzene rings is 2. The number of nitrogens with zero attached hydrogens (tertiary/aromatic N) is 2. The molecule has 0 atom stereocenters. The van der Waals surface area contributed by atoms with Crippen LogP contribution in [0.5, 0.6) is 5.75 Å². The van der Waals surface area contributed by atoms with Crippen molar-refractivity contribution in [1.29, 1.82) is 5.26 Å². The number of halogens is 1. The predicted octanol–water partition coefficient (Wildman–Crippen LogP) is 3.87. The van der Waals surface area contributed by atoms with E-state index in [4.69, 9.17) is 10.5 Å². The second-order valence-electron chi connectivity index (χ2n) is 5.49. The summed E-state index contributed by atoms with van der Waals surface area (Å²) in [4.78, 5) is 0. The van der Waals surface area contributed by atoms with Gasteiger partial charge in [0.05, 0.1) is 12.8 Å². The van der Waals surface area contributed by atoms with Crippen LogP contribution in [0, 0.1) is 29.0 Å². The average molecular weight is 345 g/mol. The number of hydrogen-bond donors (Lipinski definition) is 1. The molecule has 128 valence electrons. The monoisotopic (exact) mass is 345 g/mol. The lowest BCUT2D eigenvalue weighted by Crippen LogP contribution is -1.98. The molecule has 0 saturated carbocycles. The highest BCUT2D eigenvalue weighted by Crippen LogP contribution is 2.27. The summed E-state index contributed by atoms with van der Waals surface area (Å²) in [5.74, 6) is 5.53. The van der Waals surface area contributed by atoms with Crippen LogP contribution in [0.25, 0.3) is 5.69 Å². The van der Waals surface area contributed by atoms with Crippen molar-refractivity contribution in [1.82, 2.24) is 4.57 Å². The minimum Gasteiger partial charge on any atom is -0.488 e.